The molecule has 1 aliphatic heterocycles. The van der Waals surface area contributed by atoms with E-state index in [1.165, 1.54) is 0 Å². The van der Waals surface area contributed by atoms with Crippen molar-refractivity contribution in [1.29, 1.82) is 0 Å². The van der Waals surface area contributed by atoms with Crippen molar-refractivity contribution in [2.75, 3.05) is 11.9 Å². The maximum atomic E-state index is 12.9. The topological polar surface area (TPSA) is 83.4 Å². The van der Waals surface area contributed by atoms with Gasteiger partial charge in [-0.25, -0.2) is 9.69 Å². The zero-order valence-corrected chi connectivity index (χ0v) is 18.4. The summed E-state index contributed by atoms with van der Waals surface area (Å²) in [4.78, 5) is 38.6. The van der Waals surface area contributed by atoms with Gasteiger partial charge < -0.3 is 15.2 Å². The van der Waals surface area contributed by atoms with E-state index in [0.717, 1.165) is 33.4 Å². The third kappa shape index (κ3) is 4.14. The highest BCUT2D eigenvalue weighted by atomic mass is 16.2. The number of anilines is 1. The Morgan fingerprint density at radius 2 is 1.94 bits per heavy atom. The molecule has 1 atom stereocenters. The van der Waals surface area contributed by atoms with Crippen LogP contribution >= 0.6 is 0 Å². The van der Waals surface area contributed by atoms with E-state index in [-0.39, 0.29) is 12.2 Å². The molecule has 0 bridgehead atoms. The average Bonchev–Trinajstić information content (AvgIpc) is 3.26. The van der Waals surface area contributed by atoms with E-state index < -0.39 is 17.8 Å². The summed E-state index contributed by atoms with van der Waals surface area (Å²) in [7, 11) is 0. The molecule has 0 unspecified atom stereocenters. The Labute approximate surface area is 186 Å². The van der Waals surface area contributed by atoms with Crippen molar-refractivity contribution in [3.05, 3.63) is 71.6 Å². The number of urea groups is 1. The smallest absolute Gasteiger partial charge is 0.329 e. The molecular formula is C25H26N4O3. The number of para-hydroxylation sites is 1. The van der Waals surface area contributed by atoms with Gasteiger partial charge in [-0.1, -0.05) is 37.3 Å². The molecular weight excluding hydrogens is 404 g/mol. The highest BCUT2D eigenvalue weighted by Crippen LogP contribution is 2.28. The second-order valence-electron chi connectivity index (χ2n) is 8.06. The Kier molecular flexibility index (Phi) is 5.81. The van der Waals surface area contributed by atoms with Crippen LogP contribution in [-0.4, -0.2) is 33.9 Å². The van der Waals surface area contributed by atoms with Crippen LogP contribution < -0.4 is 10.6 Å². The largest absolute Gasteiger partial charge is 0.344 e. The maximum absolute atomic E-state index is 12.9. The molecule has 32 heavy (non-hydrogen) atoms. The molecule has 1 fully saturated rings. The van der Waals surface area contributed by atoms with Gasteiger partial charge in [-0.15, -0.1) is 0 Å². The molecule has 1 aliphatic rings. The molecule has 1 saturated heterocycles. The number of fused-ring (bicyclic) bond motifs is 1. The molecule has 0 aliphatic carbocycles. The quantitative estimate of drug-likeness (QED) is 0.448. The summed E-state index contributed by atoms with van der Waals surface area (Å²) in [6.07, 6.45) is 4.65. The van der Waals surface area contributed by atoms with Gasteiger partial charge in [0.15, 0.2) is 0 Å². The zero-order valence-electron chi connectivity index (χ0n) is 18.4. The monoisotopic (exact) mass is 430 g/mol. The molecule has 2 heterocycles. The molecule has 164 valence electrons. The molecule has 4 rings (SSSR count). The summed E-state index contributed by atoms with van der Waals surface area (Å²) in [6, 6.07) is 15.0. The van der Waals surface area contributed by atoms with Crippen LogP contribution in [0, 0.1) is 6.92 Å². The van der Waals surface area contributed by atoms with Crippen molar-refractivity contribution >= 4 is 40.5 Å². The number of imide groups is 1. The van der Waals surface area contributed by atoms with E-state index in [0.29, 0.717) is 11.7 Å². The number of amides is 4. The summed E-state index contributed by atoms with van der Waals surface area (Å²) in [6.45, 7) is 5.82. The van der Waals surface area contributed by atoms with Crippen LogP contribution in [-0.2, 0) is 9.59 Å². The summed E-state index contributed by atoms with van der Waals surface area (Å²) in [5.74, 6) is -0.955. The molecule has 2 N–H and O–H groups in total. The van der Waals surface area contributed by atoms with Crippen molar-refractivity contribution in [2.24, 2.45) is 0 Å². The number of nitrogens with zero attached hydrogens (tertiary/aromatic N) is 2. The number of hydrogen-bond donors (Lipinski definition) is 2. The Hall–Kier alpha value is -3.87. The van der Waals surface area contributed by atoms with Gasteiger partial charge in [-0.05, 0) is 50.1 Å². The Morgan fingerprint density at radius 1 is 1.16 bits per heavy atom. The molecule has 3 aromatic rings. The van der Waals surface area contributed by atoms with Crippen molar-refractivity contribution in [2.45, 2.75) is 33.2 Å². The Balaban J connectivity index is 1.56. The number of carbonyl (C=O) groups is 3. The predicted octanol–water partition coefficient (Wildman–Crippen LogP) is 4.45. The summed E-state index contributed by atoms with van der Waals surface area (Å²) >= 11 is 0. The van der Waals surface area contributed by atoms with Crippen LogP contribution in [0.15, 0.2) is 60.4 Å². The fourth-order valence-corrected chi connectivity index (χ4v) is 3.85. The Bertz CT molecular complexity index is 1240. The molecule has 4 amide bonds. The van der Waals surface area contributed by atoms with Crippen molar-refractivity contribution in [3.63, 3.8) is 0 Å². The number of aryl methyl sites for hydroxylation is 1. The number of rotatable bonds is 6. The zero-order chi connectivity index (χ0) is 22.8. The minimum Gasteiger partial charge on any atom is -0.344 e. The predicted molar refractivity (Wildman–Crippen MR) is 125 cm³/mol. The average molecular weight is 431 g/mol. The molecule has 2 aromatic carbocycles. The lowest BCUT2D eigenvalue weighted by atomic mass is 10.1. The second kappa shape index (κ2) is 8.70. The molecule has 0 spiro atoms. The van der Waals surface area contributed by atoms with Gasteiger partial charge in [0.2, 0.25) is 5.91 Å². The van der Waals surface area contributed by atoms with Crippen LogP contribution in [0.1, 0.15) is 37.4 Å². The molecule has 7 heteroatoms. The highest BCUT2D eigenvalue weighted by molar-refractivity contribution is 6.16. The first-order valence-corrected chi connectivity index (χ1v) is 10.7. The van der Waals surface area contributed by atoms with Crippen molar-refractivity contribution in [1.82, 2.24) is 14.8 Å². The van der Waals surface area contributed by atoms with E-state index in [1.54, 1.807) is 12.1 Å². The van der Waals surface area contributed by atoms with Crippen molar-refractivity contribution in [3.8, 4) is 0 Å². The molecule has 7 nitrogen and oxygen atoms in total. The van der Waals surface area contributed by atoms with Gasteiger partial charge in [0.1, 0.15) is 12.2 Å². The van der Waals surface area contributed by atoms with E-state index in [4.69, 9.17) is 0 Å². The maximum Gasteiger partial charge on any atom is 0.329 e. The standard InChI is InChI=1S/C25H26N4O3/c1-4-17(3)28-14-18(20-10-5-6-11-22(20)28)13-21-24(31)29(25(32)27-21)15-23(30)26-19-9-7-8-16(2)12-19/h5-14,17H,4,15H2,1-3H3,(H,26,30)(H,27,32)/b21-13+/t17-/m1/s1. The van der Waals surface area contributed by atoms with Gasteiger partial charge in [-0.3, -0.25) is 9.59 Å². The number of carbonyl (C=O) groups excluding carboxylic acids is 3. The first-order chi connectivity index (χ1) is 15.4. The van der Waals surface area contributed by atoms with Gasteiger partial charge >= 0.3 is 6.03 Å². The highest BCUT2D eigenvalue weighted by Gasteiger charge is 2.35. The number of hydrogen-bond acceptors (Lipinski definition) is 3. The number of aromatic nitrogens is 1. The van der Waals surface area contributed by atoms with Crippen molar-refractivity contribution < 1.29 is 14.4 Å². The minimum atomic E-state index is -0.605. The van der Waals surface area contributed by atoms with Crippen LogP contribution in [0.5, 0.6) is 0 Å². The summed E-state index contributed by atoms with van der Waals surface area (Å²) in [5.41, 5.74) is 3.69. The lowest BCUT2D eigenvalue weighted by Crippen LogP contribution is -2.38. The van der Waals surface area contributed by atoms with Crippen LogP contribution in [0.4, 0.5) is 10.5 Å². The lowest BCUT2D eigenvalue weighted by Gasteiger charge is -2.12. The summed E-state index contributed by atoms with van der Waals surface area (Å²) in [5, 5.41) is 6.33. The SMILES string of the molecule is CC[C@@H](C)n1cc(/C=C2/NC(=O)N(CC(=O)Nc3cccc(C)c3)C2=O)c2ccccc21. The Morgan fingerprint density at radius 3 is 2.69 bits per heavy atom. The second-order valence-corrected chi connectivity index (χ2v) is 8.06. The van der Waals surface area contributed by atoms with Crippen LogP contribution in [0.2, 0.25) is 0 Å². The molecule has 1 aromatic heterocycles. The summed E-state index contributed by atoms with van der Waals surface area (Å²) < 4.78 is 2.18. The van der Waals surface area contributed by atoms with Gasteiger partial charge in [0.25, 0.3) is 5.91 Å². The van der Waals surface area contributed by atoms with E-state index >= 15 is 0 Å². The fraction of sp³-hybridized carbons (Fsp3) is 0.240. The van der Waals surface area contributed by atoms with Gasteiger partial charge in [0, 0.05) is 34.4 Å². The van der Waals surface area contributed by atoms with E-state index in [2.05, 4.69) is 29.0 Å². The normalized spacial score (nSPS) is 16.0. The lowest BCUT2D eigenvalue weighted by molar-refractivity contribution is -0.127. The molecule has 0 saturated carbocycles. The first-order valence-electron chi connectivity index (χ1n) is 10.7. The third-order valence-corrected chi connectivity index (χ3v) is 5.70. The fourth-order valence-electron chi connectivity index (χ4n) is 3.85. The van der Waals surface area contributed by atoms with Gasteiger partial charge in [0.05, 0.1) is 0 Å². The van der Waals surface area contributed by atoms with E-state index in [9.17, 15) is 14.4 Å². The first kappa shape index (κ1) is 21.4. The number of benzene rings is 2. The van der Waals surface area contributed by atoms with Crippen LogP contribution in [0.25, 0.3) is 17.0 Å². The molecule has 0 radical (unpaired) electrons. The number of nitrogens with one attached hydrogen (secondary N) is 2. The van der Waals surface area contributed by atoms with E-state index in [1.807, 2.05) is 55.6 Å². The third-order valence-electron chi connectivity index (χ3n) is 5.70. The van der Waals surface area contributed by atoms with Gasteiger partial charge in [-0.2, -0.15) is 0 Å². The van der Waals surface area contributed by atoms with Crippen LogP contribution in [0.3, 0.4) is 0 Å². The minimum absolute atomic E-state index is 0.158.